The number of thiophene rings is 1. The Labute approximate surface area is 117 Å². The van der Waals surface area contributed by atoms with Crippen LogP contribution in [0, 0.1) is 12.7 Å². The Hall–Kier alpha value is -0.640. The first kappa shape index (κ1) is 13.8. The molecule has 0 unspecified atom stereocenters. The predicted octanol–water partition coefficient (Wildman–Crippen LogP) is 4.24. The maximum Gasteiger partial charge on any atom is 0.124 e. The smallest absolute Gasteiger partial charge is 0.124 e. The van der Waals surface area contributed by atoms with Crippen molar-refractivity contribution in [3.8, 4) is 0 Å². The van der Waals surface area contributed by atoms with E-state index in [-0.39, 0.29) is 18.2 Å². The third-order valence-corrected chi connectivity index (χ3v) is 4.71. The van der Waals surface area contributed by atoms with E-state index >= 15 is 0 Å². The van der Waals surface area contributed by atoms with E-state index in [1.807, 2.05) is 6.07 Å². The molecule has 0 amide bonds. The summed E-state index contributed by atoms with van der Waals surface area (Å²) < 4.78 is 14.3. The average molecular weight is 286 g/mol. The molecule has 0 aliphatic carbocycles. The molecule has 98 valence electrons. The minimum Gasteiger partial charge on any atom is -0.317 e. The Kier molecular flexibility index (Phi) is 4.25. The Balaban J connectivity index is 0.00000120. The zero-order valence-corrected chi connectivity index (χ0v) is 12.0. The van der Waals surface area contributed by atoms with E-state index in [1.165, 1.54) is 28.7 Å². The van der Waals surface area contributed by atoms with E-state index in [0.717, 1.165) is 17.8 Å². The lowest BCUT2D eigenvalue weighted by Gasteiger charge is -2.23. The summed E-state index contributed by atoms with van der Waals surface area (Å²) in [5.41, 5.74) is 1.46. The maximum atomic E-state index is 13.2. The molecule has 0 saturated carbocycles. The van der Waals surface area contributed by atoms with Crippen molar-refractivity contribution >= 4 is 33.8 Å². The van der Waals surface area contributed by atoms with Crippen LogP contribution in [-0.2, 0) is 0 Å². The second-order valence-corrected chi connectivity index (χ2v) is 5.99. The Morgan fingerprint density at radius 3 is 2.72 bits per heavy atom. The molecule has 1 aromatic carbocycles. The van der Waals surface area contributed by atoms with E-state index in [4.69, 9.17) is 0 Å². The highest BCUT2D eigenvalue weighted by Crippen LogP contribution is 2.39. The van der Waals surface area contributed by atoms with Gasteiger partial charge >= 0.3 is 0 Å². The number of hydrogen-bond acceptors (Lipinski definition) is 2. The Morgan fingerprint density at radius 2 is 2.00 bits per heavy atom. The zero-order valence-electron chi connectivity index (χ0n) is 10.3. The predicted molar refractivity (Wildman–Crippen MR) is 78.6 cm³/mol. The third kappa shape index (κ3) is 2.40. The highest BCUT2D eigenvalue weighted by molar-refractivity contribution is 7.19. The van der Waals surface area contributed by atoms with Gasteiger partial charge in [0.05, 0.1) is 0 Å². The van der Waals surface area contributed by atoms with Gasteiger partial charge in [-0.15, -0.1) is 23.7 Å². The van der Waals surface area contributed by atoms with E-state index < -0.39 is 0 Å². The van der Waals surface area contributed by atoms with Crippen LogP contribution in [0.5, 0.6) is 0 Å². The quantitative estimate of drug-likeness (QED) is 0.826. The van der Waals surface area contributed by atoms with Crippen molar-refractivity contribution in [2.75, 3.05) is 13.1 Å². The topological polar surface area (TPSA) is 12.0 Å². The molecule has 1 saturated heterocycles. The van der Waals surface area contributed by atoms with Gasteiger partial charge in [-0.1, -0.05) is 6.07 Å². The summed E-state index contributed by atoms with van der Waals surface area (Å²) in [5, 5.41) is 4.66. The molecule has 3 rings (SSSR count). The van der Waals surface area contributed by atoms with Crippen molar-refractivity contribution in [2.24, 2.45) is 0 Å². The number of halogens is 2. The lowest BCUT2D eigenvalue weighted by atomic mass is 9.88. The van der Waals surface area contributed by atoms with Crippen LogP contribution in [0.15, 0.2) is 18.2 Å². The number of aryl methyl sites for hydroxylation is 1. The minimum atomic E-state index is -0.129. The normalized spacial score (nSPS) is 16.8. The number of hydrogen-bond donors (Lipinski definition) is 1. The second kappa shape index (κ2) is 5.55. The van der Waals surface area contributed by atoms with Crippen LogP contribution in [0.1, 0.15) is 29.2 Å². The molecule has 0 spiro atoms. The summed E-state index contributed by atoms with van der Waals surface area (Å²) in [6.45, 7) is 4.37. The van der Waals surface area contributed by atoms with Crippen LogP contribution < -0.4 is 5.32 Å². The first-order valence-electron chi connectivity index (χ1n) is 6.15. The molecule has 4 heteroatoms. The molecule has 0 atom stereocenters. The van der Waals surface area contributed by atoms with Crippen molar-refractivity contribution in [3.05, 3.63) is 34.5 Å². The number of rotatable bonds is 1. The lowest BCUT2D eigenvalue weighted by molar-refractivity contribution is 0.462. The van der Waals surface area contributed by atoms with Crippen molar-refractivity contribution < 1.29 is 4.39 Å². The summed E-state index contributed by atoms with van der Waals surface area (Å²) in [5.74, 6) is 0.520. The summed E-state index contributed by atoms with van der Waals surface area (Å²) in [6, 6.07) is 5.20. The molecule has 18 heavy (non-hydrogen) atoms. The van der Waals surface area contributed by atoms with Gasteiger partial charge in [-0.2, -0.15) is 0 Å². The molecule has 1 aliphatic rings. The number of benzene rings is 1. The van der Waals surface area contributed by atoms with Gasteiger partial charge in [-0.05, 0) is 61.9 Å². The van der Waals surface area contributed by atoms with Gasteiger partial charge in [0.2, 0.25) is 0 Å². The maximum absolute atomic E-state index is 13.2. The molecule has 1 aliphatic heterocycles. The SMILES string of the molecule is Cc1sc2cc(F)ccc2c1C1CCNCC1.Cl. The van der Waals surface area contributed by atoms with Crippen molar-refractivity contribution in [1.82, 2.24) is 5.32 Å². The van der Waals surface area contributed by atoms with Crippen molar-refractivity contribution in [3.63, 3.8) is 0 Å². The molecule has 1 fully saturated rings. The van der Waals surface area contributed by atoms with Crippen molar-refractivity contribution in [1.29, 1.82) is 0 Å². The van der Waals surface area contributed by atoms with Gasteiger partial charge in [-0.25, -0.2) is 4.39 Å². The van der Waals surface area contributed by atoms with E-state index in [9.17, 15) is 4.39 Å². The summed E-state index contributed by atoms with van der Waals surface area (Å²) in [6.07, 6.45) is 2.40. The fourth-order valence-electron chi connectivity index (χ4n) is 2.83. The Morgan fingerprint density at radius 1 is 1.28 bits per heavy atom. The molecular weight excluding hydrogens is 269 g/mol. The van der Waals surface area contributed by atoms with Crippen molar-refractivity contribution in [2.45, 2.75) is 25.7 Å². The molecule has 1 N–H and O–H groups in total. The molecule has 0 radical (unpaired) electrons. The second-order valence-electron chi connectivity index (χ2n) is 4.74. The number of fused-ring (bicyclic) bond motifs is 1. The lowest BCUT2D eigenvalue weighted by Crippen LogP contribution is -2.26. The fourth-order valence-corrected chi connectivity index (χ4v) is 4.01. The molecule has 1 nitrogen and oxygen atoms in total. The Bertz CT molecular complexity index is 546. The molecule has 1 aromatic heterocycles. The molecular formula is C14H17ClFNS. The molecule has 0 bridgehead atoms. The largest absolute Gasteiger partial charge is 0.317 e. The van der Waals surface area contributed by atoms with Gasteiger partial charge in [0.1, 0.15) is 5.82 Å². The first-order chi connectivity index (χ1) is 8.25. The van der Waals surface area contributed by atoms with Gasteiger partial charge < -0.3 is 5.32 Å². The van der Waals surface area contributed by atoms with Gasteiger partial charge in [0.25, 0.3) is 0 Å². The van der Waals surface area contributed by atoms with Crippen LogP contribution >= 0.6 is 23.7 Å². The summed E-state index contributed by atoms with van der Waals surface area (Å²) >= 11 is 1.73. The van der Waals surface area contributed by atoms with Gasteiger partial charge in [-0.3, -0.25) is 0 Å². The van der Waals surface area contributed by atoms with Crippen LogP contribution in [-0.4, -0.2) is 13.1 Å². The summed E-state index contributed by atoms with van der Waals surface area (Å²) in [4.78, 5) is 1.36. The number of nitrogens with one attached hydrogen (secondary N) is 1. The molecule has 2 heterocycles. The van der Waals surface area contributed by atoms with Gasteiger partial charge in [0.15, 0.2) is 0 Å². The monoisotopic (exact) mass is 285 g/mol. The van der Waals surface area contributed by atoms with Crippen LogP contribution in [0.4, 0.5) is 4.39 Å². The minimum absolute atomic E-state index is 0. The zero-order chi connectivity index (χ0) is 11.8. The highest BCUT2D eigenvalue weighted by Gasteiger charge is 2.21. The highest BCUT2D eigenvalue weighted by atomic mass is 35.5. The average Bonchev–Trinajstić information content (AvgIpc) is 2.65. The standard InChI is InChI=1S/C14H16FNS.ClH/c1-9-14(10-4-6-16-7-5-10)12-3-2-11(15)8-13(12)17-9;/h2-3,8,10,16H,4-7H2,1H3;1H. The van der Waals surface area contributed by atoms with Crippen LogP contribution in [0.25, 0.3) is 10.1 Å². The molecule has 2 aromatic rings. The van der Waals surface area contributed by atoms with Crippen LogP contribution in [0.2, 0.25) is 0 Å². The third-order valence-electron chi connectivity index (χ3n) is 3.62. The van der Waals surface area contributed by atoms with E-state index in [1.54, 1.807) is 23.5 Å². The van der Waals surface area contributed by atoms with Gasteiger partial charge in [0, 0.05) is 9.58 Å². The van der Waals surface area contributed by atoms with E-state index in [2.05, 4.69) is 12.2 Å². The number of piperidine rings is 1. The van der Waals surface area contributed by atoms with E-state index in [0.29, 0.717) is 5.92 Å². The first-order valence-corrected chi connectivity index (χ1v) is 6.96. The fraction of sp³-hybridized carbons (Fsp3) is 0.429. The summed E-state index contributed by atoms with van der Waals surface area (Å²) in [7, 11) is 0. The van der Waals surface area contributed by atoms with Crippen LogP contribution in [0.3, 0.4) is 0 Å².